The van der Waals surface area contributed by atoms with Crippen LogP contribution in [0.3, 0.4) is 0 Å². The molecule has 0 unspecified atom stereocenters. The van der Waals surface area contributed by atoms with Crippen LogP contribution in [0.4, 0.5) is 0 Å². The Hall–Kier alpha value is -0.570. The molecular formula is C12H22O3. The molecule has 3 heteroatoms. The standard InChI is InChI=1S/C12H22O3/c1-3-8-12(11(14)15-4-2)9-6-5-7-10(12)13/h10,13H,3-9H2,1-2H3/t10-,12+/m1/s1. The molecule has 88 valence electrons. The normalized spacial score (nSPS) is 31.3. The van der Waals surface area contributed by atoms with E-state index in [2.05, 4.69) is 0 Å². The number of aliphatic hydroxyl groups is 1. The third-order valence-electron chi connectivity index (χ3n) is 3.37. The summed E-state index contributed by atoms with van der Waals surface area (Å²) in [5.41, 5.74) is -0.608. The molecule has 0 spiro atoms. The van der Waals surface area contributed by atoms with E-state index < -0.39 is 11.5 Å². The number of hydrogen-bond acceptors (Lipinski definition) is 3. The lowest BCUT2D eigenvalue weighted by Crippen LogP contribution is -2.45. The van der Waals surface area contributed by atoms with Crippen molar-refractivity contribution < 1.29 is 14.6 Å². The Morgan fingerprint density at radius 3 is 2.73 bits per heavy atom. The van der Waals surface area contributed by atoms with Crippen LogP contribution in [0.25, 0.3) is 0 Å². The van der Waals surface area contributed by atoms with E-state index in [1.165, 1.54) is 0 Å². The topological polar surface area (TPSA) is 46.5 Å². The summed E-state index contributed by atoms with van der Waals surface area (Å²) in [6.07, 6.45) is 4.70. The Bertz CT molecular complexity index is 211. The molecule has 3 nitrogen and oxygen atoms in total. The van der Waals surface area contributed by atoms with Gasteiger partial charge in [0, 0.05) is 0 Å². The smallest absolute Gasteiger partial charge is 0.314 e. The summed E-state index contributed by atoms with van der Waals surface area (Å²) < 4.78 is 5.11. The van der Waals surface area contributed by atoms with Crippen molar-refractivity contribution in [2.24, 2.45) is 5.41 Å². The zero-order chi connectivity index (χ0) is 11.3. The lowest BCUT2D eigenvalue weighted by atomic mass is 9.69. The van der Waals surface area contributed by atoms with Crippen LogP contribution in [0.15, 0.2) is 0 Å². The number of carbonyl (C=O) groups excluding carboxylic acids is 1. The summed E-state index contributed by atoms with van der Waals surface area (Å²) in [5.74, 6) is -0.195. The van der Waals surface area contributed by atoms with Gasteiger partial charge in [-0.1, -0.05) is 26.2 Å². The Kier molecular flexibility index (Phi) is 4.58. The van der Waals surface area contributed by atoms with Crippen molar-refractivity contribution in [3.8, 4) is 0 Å². The highest BCUT2D eigenvalue weighted by Gasteiger charge is 2.46. The number of aliphatic hydroxyl groups excluding tert-OH is 1. The highest BCUT2D eigenvalue weighted by Crippen LogP contribution is 2.41. The highest BCUT2D eigenvalue weighted by molar-refractivity contribution is 5.77. The maximum Gasteiger partial charge on any atom is 0.314 e. The maximum absolute atomic E-state index is 11.9. The molecule has 0 aromatic heterocycles. The van der Waals surface area contributed by atoms with Crippen molar-refractivity contribution in [2.45, 2.75) is 58.5 Å². The third kappa shape index (κ3) is 2.51. The van der Waals surface area contributed by atoms with Crippen LogP contribution in [0.2, 0.25) is 0 Å². The number of esters is 1. The first-order chi connectivity index (χ1) is 7.17. The van der Waals surface area contributed by atoms with E-state index >= 15 is 0 Å². The fourth-order valence-corrected chi connectivity index (χ4v) is 2.57. The molecule has 1 aliphatic rings. The first-order valence-electron chi connectivity index (χ1n) is 6.02. The van der Waals surface area contributed by atoms with Gasteiger partial charge >= 0.3 is 5.97 Å². The van der Waals surface area contributed by atoms with Crippen LogP contribution in [-0.4, -0.2) is 23.8 Å². The van der Waals surface area contributed by atoms with Crippen molar-refractivity contribution in [2.75, 3.05) is 6.61 Å². The first kappa shape index (κ1) is 12.5. The number of ether oxygens (including phenoxy) is 1. The molecule has 1 aliphatic carbocycles. The quantitative estimate of drug-likeness (QED) is 0.730. The minimum Gasteiger partial charge on any atom is -0.465 e. The van der Waals surface area contributed by atoms with Crippen LogP contribution in [0.1, 0.15) is 52.4 Å². The van der Waals surface area contributed by atoms with E-state index in [0.717, 1.165) is 38.5 Å². The van der Waals surface area contributed by atoms with Gasteiger partial charge in [-0.25, -0.2) is 0 Å². The molecule has 0 saturated heterocycles. The van der Waals surface area contributed by atoms with E-state index in [1.807, 2.05) is 13.8 Å². The van der Waals surface area contributed by atoms with E-state index in [9.17, 15) is 9.90 Å². The Morgan fingerprint density at radius 2 is 2.20 bits per heavy atom. The van der Waals surface area contributed by atoms with Crippen molar-refractivity contribution >= 4 is 5.97 Å². The average Bonchev–Trinajstić information content (AvgIpc) is 2.22. The summed E-state index contributed by atoms with van der Waals surface area (Å²) in [7, 11) is 0. The largest absolute Gasteiger partial charge is 0.465 e. The summed E-state index contributed by atoms with van der Waals surface area (Å²) in [6.45, 7) is 4.26. The van der Waals surface area contributed by atoms with Gasteiger partial charge in [0.05, 0.1) is 18.1 Å². The lowest BCUT2D eigenvalue weighted by Gasteiger charge is -2.39. The lowest BCUT2D eigenvalue weighted by molar-refractivity contribution is -0.167. The Morgan fingerprint density at radius 1 is 1.47 bits per heavy atom. The van der Waals surface area contributed by atoms with E-state index in [-0.39, 0.29) is 5.97 Å². The molecule has 0 aromatic carbocycles. The first-order valence-corrected chi connectivity index (χ1v) is 6.02. The van der Waals surface area contributed by atoms with Crippen molar-refractivity contribution in [1.29, 1.82) is 0 Å². The molecule has 1 saturated carbocycles. The minimum atomic E-state index is -0.608. The fraction of sp³-hybridized carbons (Fsp3) is 0.917. The molecule has 0 aliphatic heterocycles. The van der Waals surface area contributed by atoms with Gasteiger partial charge < -0.3 is 9.84 Å². The predicted molar refractivity (Wildman–Crippen MR) is 58.4 cm³/mol. The second kappa shape index (κ2) is 5.50. The fourth-order valence-electron chi connectivity index (χ4n) is 2.57. The SMILES string of the molecule is CCC[C@]1(C(=O)OCC)CCCC[C@H]1O. The van der Waals surface area contributed by atoms with Crippen molar-refractivity contribution in [3.63, 3.8) is 0 Å². The van der Waals surface area contributed by atoms with Gasteiger partial charge in [-0.15, -0.1) is 0 Å². The van der Waals surface area contributed by atoms with Gasteiger partial charge in [-0.2, -0.15) is 0 Å². The van der Waals surface area contributed by atoms with Crippen LogP contribution in [-0.2, 0) is 9.53 Å². The Balaban J connectivity index is 2.79. The van der Waals surface area contributed by atoms with Gasteiger partial charge in [0.1, 0.15) is 0 Å². The molecule has 1 N–H and O–H groups in total. The zero-order valence-corrected chi connectivity index (χ0v) is 9.79. The molecular weight excluding hydrogens is 192 g/mol. The van der Waals surface area contributed by atoms with Crippen LogP contribution in [0, 0.1) is 5.41 Å². The molecule has 0 heterocycles. The summed E-state index contributed by atoms with van der Waals surface area (Å²) >= 11 is 0. The van der Waals surface area contributed by atoms with Crippen LogP contribution < -0.4 is 0 Å². The average molecular weight is 214 g/mol. The van der Waals surface area contributed by atoms with Crippen molar-refractivity contribution in [3.05, 3.63) is 0 Å². The Labute approximate surface area is 91.8 Å². The van der Waals surface area contributed by atoms with E-state index in [1.54, 1.807) is 0 Å². The van der Waals surface area contributed by atoms with Gasteiger partial charge in [-0.3, -0.25) is 4.79 Å². The maximum atomic E-state index is 11.9. The van der Waals surface area contributed by atoms with Crippen molar-refractivity contribution in [1.82, 2.24) is 0 Å². The minimum absolute atomic E-state index is 0.195. The van der Waals surface area contributed by atoms with E-state index in [4.69, 9.17) is 4.74 Å². The van der Waals surface area contributed by atoms with E-state index in [0.29, 0.717) is 6.61 Å². The third-order valence-corrected chi connectivity index (χ3v) is 3.37. The van der Waals surface area contributed by atoms with Gasteiger partial charge in [-0.05, 0) is 26.2 Å². The summed E-state index contributed by atoms with van der Waals surface area (Å²) in [4.78, 5) is 11.9. The summed E-state index contributed by atoms with van der Waals surface area (Å²) in [6, 6.07) is 0. The highest BCUT2D eigenvalue weighted by atomic mass is 16.5. The molecule has 0 radical (unpaired) electrons. The number of carbonyl (C=O) groups is 1. The van der Waals surface area contributed by atoms with Crippen LogP contribution in [0.5, 0.6) is 0 Å². The van der Waals surface area contributed by atoms with Gasteiger partial charge in [0.2, 0.25) is 0 Å². The number of rotatable bonds is 4. The zero-order valence-electron chi connectivity index (χ0n) is 9.79. The number of hydrogen-bond donors (Lipinski definition) is 1. The molecule has 0 amide bonds. The molecule has 0 bridgehead atoms. The molecule has 1 rings (SSSR count). The monoisotopic (exact) mass is 214 g/mol. The van der Waals surface area contributed by atoms with Gasteiger partial charge in [0.25, 0.3) is 0 Å². The van der Waals surface area contributed by atoms with Gasteiger partial charge in [0.15, 0.2) is 0 Å². The molecule has 2 atom stereocenters. The predicted octanol–water partition coefficient (Wildman–Crippen LogP) is 2.27. The molecule has 0 aromatic rings. The molecule has 1 fully saturated rings. The molecule has 15 heavy (non-hydrogen) atoms. The van der Waals surface area contributed by atoms with Crippen LogP contribution >= 0.6 is 0 Å². The second-order valence-corrected chi connectivity index (χ2v) is 4.39. The second-order valence-electron chi connectivity index (χ2n) is 4.39. The summed E-state index contributed by atoms with van der Waals surface area (Å²) in [5, 5.41) is 10.0.